The van der Waals surface area contributed by atoms with Crippen LogP contribution in [-0.2, 0) is 18.4 Å². The lowest BCUT2D eigenvalue weighted by molar-refractivity contribution is -0.117. The molecule has 108 valence electrons. The summed E-state index contributed by atoms with van der Waals surface area (Å²) in [6.07, 6.45) is 5.27. The molecule has 6 nitrogen and oxygen atoms in total. The van der Waals surface area contributed by atoms with Crippen molar-refractivity contribution in [2.24, 2.45) is 13.0 Å². The third-order valence-corrected chi connectivity index (χ3v) is 3.21. The number of nitrogens with zero attached hydrogens (tertiary/aromatic N) is 4. The number of imidazole rings is 1. The van der Waals surface area contributed by atoms with Gasteiger partial charge in [0.25, 0.3) is 0 Å². The Morgan fingerprint density at radius 3 is 2.70 bits per heavy atom. The van der Waals surface area contributed by atoms with Gasteiger partial charge in [0.05, 0.1) is 11.6 Å². The van der Waals surface area contributed by atoms with Gasteiger partial charge in [-0.2, -0.15) is 5.10 Å². The highest BCUT2D eigenvalue weighted by atomic mass is 16.2. The molecule has 0 spiro atoms. The molecule has 1 atom stereocenters. The number of hydrogen-bond donors (Lipinski definition) is 1. The van der Waals surface area contributed by atoms with Crippen molar-refractivity contribution in [3.63, 3.8) is 0 Å². The Labute approximate surface area is 118 Å². The van der Waals surface area contributed by atoms with Gasteiger partial charge in [-0.15, -0.1) is 0 Å². The molecule has 0 saturated carbocycles. The minimum absolute atomic E-state index is 0.0789. The molecule has 0 bridgehead atoms. The van der Waals surface area contributed by atoms with Crippen molar-refractivity contribution in [3.8, 4) is 0 Å². The number of hydrogen-bond acceptors (Lipinski definition) is 3. The fourth-order valence-electron chi connectivity index (χ4n) is 2.14. The van der Waals surface area contributed by atoms with Crippen LogP contribution >= 0.6 is 0 Å². The van der Waals surface area contributed by atoms with Crippen LogP contribution in [0.15, 0.2) is 24.7 Å². The summed E-state index contributed by atoms with van der Waals surface area (Å²) in [4.78, 5) is 16.5. The highest BCUT2D eigenvalue weighted by Crippen LogP contribution is 2.17. The fourth-order valence-corrected chi connectivity index (χ4v) is 2.14. The Balaban J connectivity index is 2.08. The zero-order valence-corrected chi connectivity index (χ0v) is 12.4. The molecule has 0 aromatic carbocycles. The number of nitrogens with one attached hydrogen (secondary N) is 1. The van der Waals surface area contributed by atoms with Crippen molar-refractivity contribution < 1.29 is 4.79 Å². The normalized spacial score (nSPS) is 12.7. The second-order valence-electron chi connectivity index (χ2n) is 5.39. The number of rotatable bonds is 5. The van der Waals surface area contributed by atoms with Gasteiger partial charge in [0.2, 0.25) is 11.9 Å². The van der Waals surface area contributed by atoms with Crippen molar-refractivity contribution in [2.45, 2.75) is 33.2 Å². The number of aryl methyl sites for hydroxylation is 1. The molecular weight excluding hydrogens is 254 g/mol. The quantitative estimate of drug-likeness (QED) is 0.908. The smallest absolute Gasteiger partial charge is 0.235 e. The SMILES string of the molecule is CC(C)Cn1ccnc1NC(=O)[C@H](C)c1ccnn1C. The number of carbonyl (C=O) groups is 1. The third-order valence-electron chi connectivity index (χ3n) is 3.21. The highest BCUT2D eigenvalue weighted by molar-refractivity contribution is 5.94. The Bertz CT molecular complexity index is 584. The predicted molar refractivity (Wildman–Crippen MR) is 77.3 cm³/mol. The van der Waals surface area contributed by atoms with E-state index in [1.54, 1.807) is 17.1 Å². The maximum atomic E-state index is 12.3. The van der Waals surface area contributed by atoms with E-state index in [-0.39, 0.29) is 11.8 Å². The van der Waals surface area contributed by atoms with Gasteiger partial charge >= 0.3 is 0 Å². The van der Waals surface area contributed by atoms with Crippen molar-refractivity contribution in [3.05, 3.63) is 30.4 Å². The van der Waals surface area contributed by atoms with E-state index in [1.165, 1.54) is 0 Å². The van der Waals surface area contributed by atoms with Gasteiger partial charge in [0.15, 0.2) is 0 Å². The molecule has 2 heterocycles. The summed E-state index contributed by atoms with van der Waals surface area (Å²) in [6, 6.07) is 1.85. The Morgan fingerprint density at radius 2 is 2.10 bits per heavy atom. The van der Waals surface area contributed by atoms with Crippen molar-refractivity contribution in [1.82, 2.24) is 19.3 Å². The Hall–Kier alpha value is -2.11. The predicted octanol–water partition coefficient (Wildman–Crippen LogP) is 2.01. The topological polar surface area (TPSA) is 64.7 Å². The number of anilines is 1. The molecule has 2 rings (SSSR count). The lowest BCUT2D eigenvalue weighted by atomic mass is 10.1. The van der Waals surface area contributed by atoms with E-state index in [2.05, 4.69) is 29.2 Å². The van der Waals surface area contributed by atoms with E-state index < -0.39 is 0 Å². The molecule has 0 radical (unpaired) electrons. The van der Waals surface area contributed by atoms with Crippen LogP contribution in [0.3, 0.4) is 0 Å². The molecule has 1 amide bonds. The van der Waals surface area contributed by atoms with Crippen LogP contribution in [-0.4, -0.2) is 25.2 Å². The average molecular weight is 275 g/mol. The van der Waals surface area contributed by atoms with E-state index >= 15 is 0 Å². The summed E-state index contributed by atoms with van der Waals surface area (Å²) in [7, 11) is 1.83. The van der Waals surface area contributed by atoms with Gasteiger partial charge in [-0.3, -0.25) is 14.8 Å². The molecule has 0 fully saturated rings. The first-order chi connectivity index (χ1) is 9.49. The zero-order chi connectivity index (χ0) is 14.7. The van der Waals surface area contributed by atoms with E-state index in [0.29, 0.717) is 11.9 Å². The van der Waals surface area contributed by atoms with Crippen LogP contribution < -0.4 is 5.32 Å². The largest absolute Gasteiger partial charge is 0.317 e. The molecule has 2 aromatic heterocycles. The minimum atomic E-state index is -0.272. The Kier molecular flexibility index (Phi) is 4.22. The highest BCUT2D eigenvalue weighted by Gasteiger charge is 2.19. The first kappa shape index (κ1) is 14.3. The molecular formula is C14H21N5O. The van der Waals surface area contributed by atoms with Gasteiger partial charge in [-0.05, 0) is 18.9 Å². The van der Waals surface area contributed by atoms with Crippen LogP contribution in [0.4, 0.5) is 5.95 Å². The summed E-state index contributed by atoms with van der Waals surface area (Å²) in [5.74, 6) is 0.739. The van der Waals surface area contributed by atoms with Crippen LogP contribution in [0.1, 0.15) is 32.4 Å². The lowest BCUT2D eigenvalue weighted by Crippen LogP contribution is -2.23. The molecule has 0 unspecified atom stereocenters. The molecule has 20 heavy (non-hydrogen) atoms. The van der Waals surface area contributed by atoms with E-state index in [1.807, 2.05) is 30.8 Å². The molecule has 0 aliphatic heterocycles. The number of carbonyl (C=O) groups excluding carboxylic acids is 1. The van der Waals surface area contributed by atoms with Gasteiger partial charge < -0.3 is 4.57 Å². The summed E-state index contributed by atoms with van der Waals surface area (Å²) in [5, 5.41) is 6.97. The monoisotopic (exact) mass is 275 g/mol. The van der Waals surface area contributed by atoms with Gasteiger partial charge in [-0.1, -0.05) is 13.8 Å². The first-order valence-electron chi connectivity index (χ1n) is 6.79. The standard InChI is InChI=1S/C14H21N5O/c1-10(2)9-19-8-7-15-14(19)17-13(20)11(3)12-5-6-16-18(12)4/h5-8,10-11H,9H2,1-4H3,(H,15,17,20)/t11-/m1/s1. The van der Waals surface area contributed by atoms with Gasteiger partial charge in [0.1, 0.15) is 0 Å². The molecule has 0 aliphatic rings. The third kappa shape index (κ3) is 3.07. The maximum absolute atomic E-state index is 12.3. The zero-order valence-electron chi connectivity index (χ0n) is 12.4. The maximum Gasteiger partial charge on any atom is 0.235 e. The van der Waals surface area contributed by atoms with E-state index in [9.17, 15) is 4.79 Å². The second-order valence-corrected chi connectivity index (χ2v) is 5.39. The summed E-state index contributed by atoms with van der Waals surface area (Å²) in [6.45, 7) is 6.95. The van der Waals surface area contributed by atoms with Crippen molar-refractivity contribution in [2.75, 3.05) is 5.32 Å². The van der Waals surface area contributed by atoms with Crippen LogP contribution in [0, 0.1) is 5.92 Å². The fraction of sp³-hybridized carbons (Fsp3) is 0.500. The molecule has 1 N–H and O–H groups in total. The van der Waals surface area contributed by atoms with Gasteiger partial charge in [-0.25, -0.2) is 4.98 Å². The minimum Gasteiger partial charge on any atom is -0.317 e. The van der Waals surface area contributed by atoms with E-state index in [0.717, 1.165) is 12.2 Å². The molecule has 6 heteroatoms. The summed E-state index contributed by atoms with van der Waals surface area (Å²) < 4.78 is 3.67. The molecule has 0 saturated heterocycles. The summed E-state index contributed by atoms with van der Waals surface area (Å²) >= 11 is 0. The Morgan fingerprint density at radius 1 is 1.35 bits per heavy atom. The first-order valence-corrected chi connectivity index (χ1v) is 6.79. The van der Waals surface area contributed by atoms with Crippen molar-refractivity contribution in [1.29, 1.82) is 0 Å². The van der Waals surface area contributed by atoms with Crippen LogP contribution in [0.25, 0.3) is 0 Å². The summed E-state index contributed by atoms with van der Waals surface area (Å²) in [5.41, 5.74) is 0.879. The van der Waals surface area contributed by atoms with Crippen molar-refractivity contribution >= 4 is 11.9 Å². The molecule has 0 aliphatic carbocycles. The second kappa shape index (κ2) is 5.90. The number of aromatic nitrogens is 4. The van der Waals surface area contributed by atoms with Gasteiger partial charge in [0, 0.05) is 32.2 Å². The van der Waals surface area contributed by atoms with Crippen LogP contribution in [0.5, 0.6) is 0 Å². The lowest BCUT2D eigenvalue weighted by Gasteiger charge is -2.14. The van der Waals surface area contributed by atoms with E-state index in [4.69, 9.17) is 0 Å². The number of amides is 1. The molecule has 2 aromatic rings. The van der Waals surface area contributed by atoms with Crippen LogP contribution in [0.2, 0.25) is 0 Å². The average Bonchev–Trinajstić information content (AvgIpc) is 2.97.